The molecular weight excluding hydrogens is 306 g/mol. The smallest absolute Gasteiger partial charge is 0.248 e. The van der Waals surface area contributed by atoms with Crippen molar-refractivity contribution >= 4 is 22.7 Å². The molecule has 1 aromatic heterocycles. The Hall–Kier alpha value is -2.34. The number of nitrogens with one attached hydrogen (secondary N) is 2. The van der Waals surface area contributed by atoms with Crippen LogP contribution in [0.4, 0.5) is 0 Å². The molecule has 4 N–H and O–H groups in total. The predicted octanol–water partition coefficient (Wildman–Crippen LogP) is 1.20. The van der Waals surface area contributed by atoms with Crippen molar-refractivity contribution < 1.29 is 14.3 Å². The Morgan fingerprint density at radius 1 is 1.25 bits per heavy atom. The number of fused-ring (bicyclic) bond motifs is 3. The zero-order valence-electron chi connectivity index (χ0n) is 13.5. The topological polar surface area (TPSA) is 97.2 Å². The Kier molecular flexibility index (Phi) is 3.76. The highest BCUT2D eigenvalue weighted by molar-refractivity contribution is 6.00. The first-order chi connectivity index (χ1) is 11.6. The Labute approximate surface area is 139 Å². The van der Waals surface area contributed by atoms with Crippen LogP contribution < -0.4 is 11.1 Å². The van der Waals surface area contributed by atoms with E-state index in [9.17, 15) is 9.59 Å². The monoisotopic (exact) mass is 327 g/mol. The number of nitrogens with two attached hydrogens (primary N) is 1. The van der Waals surface area contributed by atoms with E-state index in [1.807, 2.05) is 6.07 Å². The molecule has 2 aliphatic rings. The van der Waals surface area contributed by atoms with Gasteiger partial charge in [0.25, 0.3) is 0 Å². The van der Waals surface area contributed by atoms with E-state index in [2.05, 4.69) is 10.3 Å². The molecule has 1 aliphatic carbocycles. The summed E-state index contributed by atoms with van der Waals surface area (Å²) in [4.78, 5) is 27.5. The van der Waals surface area contributed by atoms with Gasteiger partial charge in [0, 0.05) is 22.2 Å². The average molecular weight is 327 g/mol. The van der Waals surface area contributed by atoms with Crippen molar-refractivity contribution in [2.24, 2.45) is 5.73 Å². The van der Waals surface area contributed by atoms with Crippen LogP contribution in [0.2, 0.25) is 0 Å². The van der Waals surface area contributed by atoms with Crippen LogP contribution in [-0.2, 0) is 28.8 Å². The van der Waals surface area contributed by atoms with E-state index in [0.717, 1.165) is 35.7 Å². The van der Waals surface area contributed by atoms with Gasteiger partial charge in [-0.1, -0.05) is 0 Å². The van der Waals surface area contributed by atoms with Gasteiger partial charge in [-0.2, -0.15) is 0 Å². The van der Waals surface area contributed by atoms with Gasteiger partial charge in [0.05, 0.1) is 25.7 Å². The lowest BCUT2D eigenvalue weighted by Gasteiger charge is -2.26. The molecule has 1 fully saturated rings. The number of aromatic amines is 1. The lowest BCUT2D eigenvalue weighted by molar-refractivity contribution is -0.124. The Balaban J connectivity index is 1.73. The highest BCUT2D eigenvalue weighted by Gasteiger charge is 2.23. The van der Waals surface area contributed by atoms with Crippen LogP contribution in [0.3, 0.4) is 0 Å². The number of H-pyrrole nitrogens is 1. The number of rotatable bonds is 4. The molecule has 126 valence electrons. The molecule has 2 amide bonds. The molecule has 1 aromatic carbocycles. The number of aryl methyl sites for hydroxylation is 2. The molecule has 0 bridgehead atoms. The molecule has 2 aromatic rings. The molecule has 1 saturated heterocycles. The minimum absolute atomic E-state index is 0.0567. The number of hydrogen-bond donors (Lipinski definition) is 3. The zero-order chi connectivity index (χ0) is 16.7. The van der Waals surface area contributed by atoms with E-state index >= 15 is 0 Å². The second-order valence-corrected chi connectivity index (χ2v) is 6.69. The van der Waals surface area contributed by atoms with Gasteiger partial charge in [-0.25, -0.2) is 0 Å². The van der Waals surface area contributed by atoms with Crippen molar-refractivity contribution in [1.29, 1.82) is 0 Å². The van der Waals surface area contributed by atoms with Crippen LogP contribution in [0.1, 0.15) is 40.0 Å². The van der Waals surface area contributed by atoms with E-state index in [1.165, 1.54) is 17.7 Å². The molecule has 0 radical (unpaired) electrons. The normalized spacial score (nSPS) is 17.3. The number of benzene rings is 1. The summed E-state index contributed by atoms with van der Waals surface area (Å²) in [6.45, 7) is 1.14. The molecule has 6 nitrogen and oxygen atoms in total. The molecule has 4 rings (SSSR count). The molecular formula is C18H21N3O3. The van der Waals surface area contributed by atoms with Gasteiger partial charge in [-0.15, -0.1) is 0 Å². The summed E-state index contributed by atoms with van der Waals surface area (Å²) in [6, 6.07) is 3.70. The molecule has 6 heteroatoms. The van der Waals surface area contributed by atoms with Crippen LogP contribution in [-0.4, -0.2) is 36.1 Å². The first-order valence-corrected chi connectivity index (χ1v) is 8.45. The Bertz CT molecular complexity index is 821. The molecule has 0 spiro atoms. The van der Waals surface area contributed by atoms with Crippen molar-refractivity contribution in [3.63, 3.8) is 0 Å². The van der Waals surface area contributed by atoms with Crippen molar-refractivity contribution in [2.75, 3.05) is 13.2 Å². The number of amides is 2. The van der Waals surface area contributed by atoms with Gasteiger partial charge < -0.3 is 20.8 Å². The van der Waals surface area contributed by atoms with Crippen molar-refractivity contribution in [3.8, 4) is 0 Å². The van der Waals surface area contributed by atoms with Gasteiger partial charge in [0.15, 0.2) is 0 Å². The summed E-state index contributed by atoms with van der Waals surface area (Å²) in [7, 11) is 0. The minimum atomic E-state index is -0.461. The van der Waals surface area contributed by atoms with Crippen LogP contribution >= 0.6 is 0 Å². The number of aromatic nitrogens is 1. The number of hydrogen-bond acceptors (Lipinski definition) is 3. The van der Waals surface area contributed by atoms with Gasteiger partial charge in [0.2, 0.25) is 11.8 Å². The number of ether oxygens (including phenoxy) is 1. The maximum absolute atomic E-state index is 12.3. The fraction of sp³-hybridized carbons (Fsp3) is 0.444. The number of carbonyl (C=O) groups excluding carboxylic acids is 2. The fourth-order valence-corrected chi connectivity index (χ4v) is 3.63. The molecule has 0 atom stereocenters. The summed E-state index contributed by atoms with van der Waals surface area (Å²) >= 11 is 0. The van der Waals surface area contributed by atoms with E-state index < -0.39 is 5.91 Å². The van der Waals surface area contributed by atoms with Gasteiger partial charge in [-0.05, 0) is 48.9 Å². The summed E-state index contributed by atoms with van der Waals surface area (Å²) in [5.74, 6) is -0.518. The highest BCUT2D eigenvalue weighted by Crippen LogP contribution is 2.32. The number of carbonyl (C=O) groups is 2. The van der Waals surface area contributed by atoms with Gasteiger partial charge in [0.1, 0.15) is 0 Å². The van der Waals surface area contributed by atoms with E-state index in [1.54, 1.807) is 6.07 Å². The van der Waals surface area contributed by atoms with E-state index in [-0.39, 0.29) is 18.4 Å². The molecule has 0 unspecified atom stereocenters. The third-order valence-electron chi connectivity index (χ3n) is 4.93. The third kappa shape index (κ3) is 2.67. The van der Waals surface area contributed by atoms with E-state index in [4.69, 9.17) is 10.5 Å². The average Bonchev–Trinajstić information content (AvgIpc) is 2.90. The Morgan fingerprint density at radius 2 is 2.04 bits per heavy atom. The first kappa shape index (κ1) is 15.2. The van der Waals surface area contributed by atoms with Gasteiger partial charge >= 0.3 is 0 Å². The van der Waals surface area contributed by atoms with E-state index in [0.29, 0.717) is 18.8 Å². The maximum atomic E-state index is 12.3. The first-order valence-electron chi connectivity index (χ1n) is 8.45. The zero-order valence-corrected chi connectivity index (χ0v) is 13.5. The largest absolute Gasteiger partial charge is 0.377 e. The van der Waals surface area contributed by atoms with Crippen LogP contribution in [0.25, 0.3) is 10.9 Å². The van der Waals surface area contributed by atoms with Crippen molar-refractivity contribution in [1.82, 2.24) is 10.3 Å². The summed E-state index contributed by atoms with van der Waals surface area (Å²) in [5.41, 5.74) is 10.2. The predicted molar refractivity (Wildman–Crippen MR) is 89.9 cm³/mol. The van der Waals surface area contributed by atoms with Crippen molar-refractivity contribution in [3.05, 3.63) is 34.5 Å². The minimum Gasteiger partial charge on any atom is -0.377 e. The van der Waals surface area contributed by atoms with Crippen LogP contribution in [0.15, 0.2) is 12.1 Å². The standard InChI is InChI=1S/C18H21N3O3/c19-18(23)11-5-10(7-16(22)20-12-8-24-9-12)17-14(6-11)13-3-1-2-4-15(13)21-17/h5-6,12,21H,1-4,7-9H2,(H2,19,23)(H,20,22). The quantitative estimate of drug-likeness (QED) is 0.787. The highest BCUT2D eigenvalue weighted by atomic mass is 16.5. The second-order valence-electron chi connectivity index (χ2n) is 6.69. The maximum Gasteiger partial charge on any atom is 0.248 e. The van der Waals surface area contributed by atoms with Crippen molar-refractivity contribution in [2.45, 2.75) is 38.1 Å². The van der Waals surface area contributed by atoms with Crippen LogP contribution in [0, 0.1) is 0 Å². The molecule has 24 heavy (non-hydrogen) atoms. The number of primary amides is 1. The second kappa shape index (κ2) is 5.94. The molecule has 2 heterocycles. The summed E-state index contributed by atoms with van der Waals surface area (Å²) in [6.07, 6.45) is 4.56. The Morgan fingerprint density at radius 3 is 2.75 bits per heavy atom. The summed E-state index contributed by atoms with van der Waals surface area (Å²) < 4.78 is 5.08. The SMILES string of the molecule is NC(=O)c1cc(CC(=O)NC2COC2)c2[nH]c3c(c2c1)CCCC3. The third-order valence-corrected chi connectivity index (χ3v) is 4.93. The summed E-state index contributed by atoms with van der Waals surface area (Å²) in [5, 5.41) is 3.98. The molecule has 1 aliphatic heterocycles. The van der Waals surface area contributed by atoms with Crippen LogP contribution in [0.5, 0.6) is 0 Å². The lowest BCUT2D eigenvalue weighted by Crippen LogP contribution is -2.49. The lowest BCUT2D eigenvalue weighted by atomic mass is 9.94. The molecule has 0 saturated carbocycles. The fourth-order valence-electron chi connectivity index (χ4n) is 3.63. The van der Waals surface area contributed by atoms with Gasteiger partial charge in [-0.3, -0.25) is 9.59 Å².